The number of rotatable bonds is 6. The first-order valence-corrected chi connectivity index (χ1v) is 9.71. The maximum absolute atomic E-state index is 12.5. The molecular formula is C19H22N2O5S. The zero-order valence-corrected chi connectivity index (χ0v) is 16.1. The molecule has 2 aromatic carbocycles. The first kappa shape index (κ1) is 20.4. The molecule has 3 N–H and O–H groups in total. The second-order valence-electron chi connectivity index (χ2n) is 7.03. The van der Waals surface area contributed by atoms with Crippen LogP contribution >= 0.6 is 0 Å². The van der Waals surface area contributed by atoms with Gasteiger partial charge in [0.25, 0.3) is 15.9 Å². The van der Waals surface area contributed by atoms with E-state index in [4.69, 9.17) is 5.11 Å². The van der Waals surface area contributed by atoms with Crippen molar-refractivity contribution in [2.45, 2.75) is 31.1 Å². The van der Waals surface area contributed by atoms with Crippen LogP contribution in [0.2, 0.25) is 0 Å². The molecule has 27 heavy (non-hydrogen) atoms. The highest BCUT2D eigenvalue weighted by Crippen LogP contribution is 2.24. The molecule has 8 heteroatoms. The Hall–Kier alpha value is -2.87. The number of hydrogen-bond donors (Lipinski definition) is 3. The number of sulfonamides is 1. The first-order chi connectivity index (χ1) is 12.5. The van der Waals surface area contributed by atoms with E-state index in [0.717, 1.165) is 5.56 Å². The number of carbonyl (C=O) groups excluding carboxylic acids is 1. The molecule has 0 aliphatic rings. The smallest absolute Gasteiger partial charge is 0.322 e. The zero-order chi connectivity index (χ0) is 20.2. The van der Waals surface area contributed by atoms with Crippen molar-refractivity contribution >= 4 is 27.6 Å². The lowest BCUT2D eigenvalue weighted by Crippen LogP contribution is -2.29. The Labute approximate surface area is 158 Å². The van der Waals surface area contributed by atoms with Crippen LogP contribution < -0.4 is 10.0 Å². The van der Waals surface area contributed by atoms with Gasteiger partial charge in [0.2, 0.25) is 0 Å². The predicted molar refractivity (Wildman–Crippen MR) is 102 cm³/mol. The van der Waals surface area contributed by atoms with E-state index in [1.54, 1.807) is 24.3 Å². The van der Waals surface area contributed by atoms with Crippen LogP contribution in [0.15, 0.2) is 53.4 Å². The maximum Gasteiger partial charge on any atom is 0.322 e. The Bertz CT molecular complexity index is 928. The number of carboxylic acid groups (broad SMARTS) is 1. The summed E-state index contributed by atoms with van der Waals surface area (Å²) in [5, 5.41) is 10.8. The topological polar surface area (TPSA) is 113 Å². The molecule has 2 rings (SSSR count). The summed E-state index contributed by atoms with van der Waals surface area (Å²) in [5.74, 6) is -1.70. The number of hydrogen-bond acceptors (Lipinski definition) is 4. The molecule has 0 heterocycles. The Morgan fingerprint density at radius 1 is 0.963 bits per heavy atom. The molecule has 0 saturated carbocycles. The van der Waals surface area contributed by atoms with Gasteiger partial charge in [-0.3, -0.25) is 14.3 Å². The van der Waals surface area contributed by atoms with Gasteiger partial charge in [-0.1, -0.05) is 32.9 Å². The van der Waals surface area contributed by atoms with Gasteiger partial charge in [-0.25, -0.2) is 8.42 Å². The molecule has 0 radical (unpaired) electrons. The van der Waals surface area contributed by atoms with Gasteiger partial charge in [-0.05, 0) is 47.4 Å². The van der Waals surface area contributed by atoms with Crippen LogP contribution in [0.5, 0.6) is 0 Å². The van der Waals surface area contributed by atoms with Crippen LogP contribution in [0.4, 0.5) is 5.69 Å². The highest BCUT2D eigenvalue weighted by atomic mass is 32.2. The fourth-order valence-corrected chi connectivity index (χ4v) is 3.35. The number of benzene rings is 2. The monoisotopic (exact) mass is 390 g/mol. The van der Waals surface area contributed by atoms with E-state index in [9.17, 15) is 18.0 Å². The molecular weight excluding hydrogens is 368 g/mol. The lowest BCUT2D eigenvalue weighted by atomic mass is 9.87. The Morgan fingerprint density at radius 3 is 2.00 bits per heavy atom. The van der Waals surface area contributed by atoms with Crippen molar-refractivity contribution in [1.29, 1.82) is 0 Å². The van der Waals surface area contributed by atoms with Crippen molar-refractivity contribution in [3.63, 3.8) is 0 Å². The van der Waals surface area contributed by atoms with Crippen LogP contribution in [0.3, 0.4) is 0 Å². The molecule has 1 amide bonds. The maximum atomic E-state index is 12.5. The molecule has 0 aliphatic heterocycles. The van der Waals surface area contributed by atoms with E-state index < -0.39 is 28.4 Å². The summed E-state index contributed by atoms with van der Waals surface area (Å²) >= 11 is 0. The van der Waals surface area contributed by atoms with E-state index in [0.29, 0.717) is 5.69 Å². The number of nitrogens with one attached hydrogen (secondary N) is 2. The van der Waals surface area contributed by atoms with Crippen LogP contribution in [-0.4, -0.2) is 31.9 Å². The average molecular weight is 390 g/mol. The molecule has 0 bridgehead atoms. The summed E-state index contributed by atoms with van der Waals surface area (Å²) in [6.07, 6.45) is 0. The minimum atomic E-state index is -3.76. The molecule has 2 aromatic rings. The fourth-order valence-electron chi connectivity index (χ4n) is 2.30. The standard InChI is InChI=1S/C19H22N2O5S/c1-19(2,3)14-6-10-16(11-7-14)27(25,26)21-15-8-4-13(5-9-15)18(24)20-12-17(22)23/h4-11,21H,12H2,1-3H3,(H,20,24)(H,22,23). The van der Waals surface area contributed by atoms with E-state index in [2.05, 4.69) is 10.0 Å². The van der Waals surface area contributed by atoms with E-state index in [1.165, 1.54) is 24.3 Å². The van der Waals surface area contributed by atoms with Crippen molar-refractivity contribution in [1.82, 2.24) is 5.32 Å². The highest BCUT2D eigenvalue weighted by molar-refractivity contribution is 7.92. The van der Waals surface area contributed by atoms with Gasteiger partial charge in [0, 0.05) is 11.3 Å². The fraction of sp³-hybridized carbons (Fsp3) is 0.263. The van der Waals surface area contributed by atoms with Crippen molar-refractivity contribution in [2.24, 2.45) is 0 Å². The summed E-state index contributed by atoms with van der Waals surface area (Å²) in [6, 6.07) is 12.4. The van der Waals surface area contributed by atoms with Crippen molar-refractivity contribution in [3.8, 4) is 0 Å². The Kier molecular flexibility index (Phi) is 5.90. The number of carbonyl (C=O) groups is 2. The van der Waals surface area contributed by atoms with Gasteiger partial charge < -0.3 is 10.4 Å². The normalized spacial score (nSPS) is 11.7. The van der Waals surface area contributed by atoms with Crippen LogP contribution in [0.25, 0.3) is 0 Å². The van der Waals surface area contributed by atoms with Gasteiger partial charge in [0.15, 0.2) is 0 Å². The third kappa shape index (κ3) is 5.55. The third-order valence-electron chi connectivity index (χ3n) is 3.83. The molecule has 0 spiro atoms. The summed E-state index contributed by atoms with van der Waals surface area (Å²) in [5.41, 5.74) is 1.48. The van der Waals surface area contributed by atoms with Crippen molar-refractivity contribution in [2.75, 3.05) is 11.3 Å². The number of amides is 1. The average Bonchev–Trinajstić information content (AvgIpc) is 2.59. The molecule has 0 saturated heterocycles. The largest absolute Gasteiger partial charge is 0.480 e. The first-order valence-electron chi connectivity index (χ1n) is 8.22. The van der Waals surface area contributed by atoms with Crippen LogP contribution in [0, 0.1) is 0 Å². The number of anilines is 1. The van der Waals surface area contributed by atoms with Crippen molar-refractivity contribution < 1.29 is 23.1 Å². The quantitative estimate of drug-likeness (QED) is 0.702. The third-order valence-corrected chi connectivity index (χ3v) is 5.23. The lowest BCUT2D eigenvalue weighted by molar-refractivity contribution is -0.135. The minimum Gasteiger partial charge on any atom is -0.480 e. The molecule has 0 aliphatic carbocycles. The van der Waals surface area contributed by atoms with E-state index in [-0.39, 0.29) is 15.9 Å². The highest BCUT2D eigenvalue weighted by Gasteiger charge is 2.18. The van der Waals surface area contributed by atoms with Gasteiger partial charge in [-0.2, -0.15) is 0 Å². The minimum absolute atomic E-state index is 0.0766. The van der Waals surface area contributed by atoms with E-state index in [1.807, 2.05) is 20.8 Å². The number of carboxylic acids is 1. The summed E-state index contributed by atoms with van der Waals surface area (Å²) in [4.78, 5) is 22.4. The molecule has 0 fully saturated rings. The summed E-state index contributed by atoms with van der Waals surface area (Å²) < 4.78 is 27.5. The second kappa shape index (κ2) is 7.79. The van der Waals surface area contributed by atoms with E-state index >= 15 is 0 Å². The Balaban J connectivity index is 2.11. The van der Waals surface area contributed by atoms with Gasteiger partial charge in [-0.15, -0.1) is 0 Å². The number of aliphatic carboxylic acids is 1. The molecule has 7 nitrogen and oxygen atoms in total. The van der Waals surface area contributed by atoms with Gasteiger partial charge >= 0.3 is 5.97 Å². The SMILES string of the molecule is CC(C)(C)c1ccc(S(=O)(=O)Nc2ccc(C(=O)NCC(=O)O)cc2)cc1. The zero-order valence-electron chi connectivity index (χ0n) is 15.3. The molecule has 0 atom stereocenters. The summed E-state index contributed by atoms with van der Waals surface area (Å²) in [7, 11) is -3.76. The van der Waals surface area contributed by atoms with Gasteiger partial charge in [0.05, 0.1) is 4.90 Å². The van der Waals surface area contributed by atoms with Gasteiger partial charge in [0.1, 0.15) is 6.54 Å². The van der Waals surface area contributed by atoms with Crippen LogP contribution in [-0.2, 0) is 20.2 Å². The Morgan fingerprint density at radius 2 is 1.52 bits per heavy atom. The van der Waals surface area contributed by atoms with Crippen LogP contribution in [0.1, 0.15) is 36.7 Å². The lowest BCUT2D eigenvalue weighted by Gasteiger charge is -2.19. The molecule has 0 aromatic heterocycles. The molecule has 144 valence electrons. The predicted octanol–water partition coefficient (Wildman–Crippen LogP) is 2.60. The van der Waals surface area contributed by atoms with Crippen molar-refractivity contribution in [3.05, 3.63) is 59.7 Å². The second-order valence-corrected chi connectivity index (χ2v) is 8.72. The summed E-state index contributed by atoms with van der Waals surface area (Å²) in [6.45, 7) is 5.65. The molecule has 0 unspecified atom stereocenters.